The fourth-order valence-electron chi connectivity index (χ4n) is 7.57. The minimum Gasteiger partial charge on any atom is -0.208 e. The number of nitrogens with zero attached hydrogens (tertiary/aromatic N) is 3. The summed E-state index contributed by atoms with van der Waals surface area (Å²) in [4.78, 5) is 15.3. The van der Waals surface area contributed by atoms with Crippen LogP contribution >= 0.6 is 0 Å². The highest BCUT2D eigenvalue weighted by atomic mass is 15.0. The summed E-state index contributed by atoms with van der Waals surface area (Å²) in [6, 6.07) is 64.1. The van der Waals surface area contributed by atoms with E-state index in [9.17, 15) is 0 Å². The Labute approximate surface area is 292 Å². The van der Waals surface area contributed by atoms with Gasteiger partial charge in [0.25, 0.3) is 0 Å². The fraction of sp³-hybridized carbons (Fsp3) is 0.0426. The molecule has 0 N–H and O–H groups in total. The molecule has 1 atom stereocenters. The predicted molar refractivity (Wildman–Crippen MR) is 204 cm³/mol. The maximum absolute atomic E-state index is 5.18. The molecule has 3 nitrogen and oxygen atoms in total. The van der Waals surface area contributed by atoms with Gasteiger partial charge < -0.3 is 0 Å². The average Bonchev–Trinajstić information content (AvgIpc) is 3.47. The molecule has 1 unspecified atom stereocenters. The van der Waals surface area contributed by atoms with Crippen LogP contribution in [0.5, 0.6) is 0 Å². The van der Waals surface area contributed by atoms with E-state index in [2.05, 4.69) is 153 Å². The molecule has 3 heteroatoms. The van der Waals surface area contributed by atoms with Crippen LogP contribution in [0, 0.1) is 0 Å². The zero-order valence-corrected chi connectivity index (χ0v) is 27.7. The molecule has 1 aliphatic rings. The minimum atomic E-state index is -0.320. The lowest BCUT2D eigenvalue weighted by atomic mass is 9.73. The number of benzene rings is 7. The molecule has 7 aromatic carbocycles. The van der Waals surface area contributed by atoms with Crippen molar-refractivity contribution in [2.24, 2.45) is 0 Å². The van der Waals surface area contributed by atoms with E-state index in [1.54, 1.807) is 0 Å². The molecule has 0 spiro atoms. The highest BCUT2D eigenvalue weighted by molar-refractivity contribution is 5.95. The fourth-order valence-corrected chi connectivity index (χ4v) is 7.57. The van der Waals surface area contributed by atoms with E-state index in [-0.39, 0.29) is 5.41 Å². The molecule has 236 valence electrons. The predicted octanol–water partition coefficient (Wildman–Crippen LogP) is 11.5. The van der Waals surface area contributed by atoms with Gasteiger partial charge in [0.1, 0.15) is 0 Å². The zero-order chi connectivity index (χ0) is 33.5. The van der Waals surface area contributed by atoms with Gasteiger partial charge in [-0.15, -0.1) is 0 Å². The summed E-state index contributed by atoms with van der Waals surface area (Å²) in [6.45, 7) is 2.37. The van der Waals surface area contributed by atoms with Gasteiger partial charge >= 0.3 is 0 Å². The molecule has 0 saturated heterocycles. The summed E-state index contributed by atoms with van der Waals surface area (Å²) < 4.78 is 0. The molecule has 1 aromatic heterocycles. The topological polar surface area (TPSA) is 38.7 Å². The molecular formula is C47H33N3. The van der Waals surface area contributed by atoms with E-state index in [1.807, 2.05) is 36.4 Å². The van der Waals surface area contributed by atoms with Crippen molar-refractivity contribution in [3.63, 3.8) is 0 Å². The second-order valence-electron chi connectivity index (χ2n) is 12.9. The Kier molecular flexibility index (Phi) is 7.25. The molecule has 1 heterocycles. The van der Waals surface area contributed by atoms with Gasteiger partial charge in [0.15, 0.2) is 17.5 Å². The molecule has 0 bridgehead atoms. The van der Waals surface area contributed by atoms with Crippen LogP contribution in [0.4, 0.5) is 0 Å². The van der Waals surface area contributed by atoms with Gasteiger partial charge in [-0.25, -0.2) is 15.0 Å². The number of fused-ring (bicyclic) bond motifs is 3. The molecular weight excluding hydrogens is 607 g/mol. The van der Waals surface area contributed by atoms with E-state index in [0.29, 0.717) is 17.5 Å². The molecule has 8 aromatic rings. The Morgan fingerprint density at radius 3 is 1.46 bits per heavy atom. The standard InChI is InChI=1S/C47H33N3/c1-47(36-23-12-5-13-24-36)41-28-15-14-25-38(41)39-30-29-35(31-42(39)47)43-37(32-17-6-2-7-18-32)26-16-27-40(43)46-49-44(33-19-8-3-9-20-33)48-45(50-46)34-21-10-4-11-22-34/h2-31H,1H3. The van der Waals surface area contributed by atoms with Crippen LogP contribution in [0.25, 0.3) is 67.5 Å². The van der Waals surface area contributed by atoms with Gasteiger partial charge in [-0.2, -0.15) is 0 Å². The van der Waals surface area contributed by atoms with Crippen molar-refractivity contribution in [3.8, 4) is 67.5 Å². The first-order valence-corrected chi connectivity index (χ1v) is 17.0. The SMILES string of the molecule is CC1(c2ccccc2)c2ccccc2-c2ccc(-c3c(-c4ccccc4)cccc3-c3nc(-c4ccccc4)nc(-c4ccccc4)n3)cc21. The second kappa shape index (κ2) is 12.2. The summed E-state index contributed by atoms with van der Waals surface area (Å²) in [7, 11) is 0. The van der Waals surface area contributed by atoms with Crippen molar-refractivity contribution >= 4 is 0 Å². The maximum atomic E-state index is 5.18. The van der Waals surface area contributed by atoms with Crippen molar-refractivity contribution in [1.29, 1.82) is 0 Å². The number of hydrogen-bond donors (Lipinski definition) is 0. The first-order valence-electron chi connectivity index (χ1n) is 17.0. The third-order valence-electron chi connectivity index (χ3n) is 10.0. The van der Waals surface area contributed by atoms with Crippen LogP contribution < -0.4 is 0 Å². The second-order valence-corrected chi connectivity index (χ2v) is 12.9. The first kappa shape index (κ1) is 29.7. The number of rotatable bonds is 6. The van der Waals surface area contributed by atoms with Crippen molar-refractivity contribution < 1.29 is 0 Å². The quantitative estimate of drug-likeness (QED) is 0.182. The van der Waals surface area contributed by atoms with Gasteiger partial charge in [-0.05, 0) is 57.5 Å². The van der Waals surface area contributed by atoms with Crippen molar-refractivity contribution in [2.75, 3.05) is 0 Å². The Bertz CT molecular complexity index is 2420. The van der Waals surface area contributed by atoms with Gasteiger partial charge in [-0.3, -0.25) is 0 Å². The highest BCUT2D eigenvalue weighted by Crippen LogP contribution is 2.54. The van der Waals surface area contributed by atoms with Crippen molar-refractivity contribution in [2.45, 2.75) is 12.3 Å². The van der Waals surface area contributed by atoms with Gasteiger partial charge in [0, 0.05) is 27.7 Å². The van der Waals surface area contributed by atoms with E-state index < -0.39 is 0 Å². The smallest absolute Gasteiger partial charge is 0.164 e. The Morgan fingerprint density at radius 2 is 0.820 bits per heavy atom. The van der Waals surface area contributed by atoms with E-state index in [1.165, 1.54) is 27.8 Å². The van der Waals surface area contributed by atoms with Gasteiger partial charge in [0.2, 0.25) is 0 Å². The molecule has 0 radical (unpaired) electrons. The monoisotopic (exact) mass is 639 g/mol. The third kappa shape index (κ3) is 4.94. The van der Waals surface area contributed by atoms with E-state index >= 15 is 0 Å². The zero-order valence-electron chi connectivity index (χ0n) is 27.7. The Hall–Kier alpha value is -6.45. The van der Waals surface area contributed by atoms with Gasteiger partial charge in [0.05, 0.1) is 0 Å². The van der Waals surface area contributed by atoms with Crippen LogP contribution in [0.1, 0.15) is 23.6 Å². The summed E-state index contributed by atoms with van der Waals surface area (Å²) in [6.07, 6.45) is 0. The van der Waals surface area contributed by atoms with Crippen LogP contribution in [-0.4, -0.2) is 15.0 Å². The van der Waals surface area contributed by atoms with Crippen molar-refractivity contribution in [3.05, 3.63) is 199 Å². The summed E-state index contributed by atoms with van der Waals surface area (Å²) >= 11 is 0. The normalized spacial score (nSPS) is 14.6. The van der Waals surface area contributed by atoms with Crippen LogP contribution in [0.2, 0.25) is 0 Å². The highest BCUT2D eigenvalue weighted by Gasteiger charge is 2.40. The maximum Gasteiger partial charge on any atom is 0.164 e. The summed E-state index contributed by atoms with van der Waals surface area (Å²) in [5.41, 5.74) is 13.5. The number of hydrogen-bond acceptors (Lipinski definition) is 3. The van der Waals surface area contributed by atoms with Crippen LogP contribution in [-0.2, 0) is 5.41 Å². The molecule has 0 aliphatic heterocycles. The van der Waals surface area contributed by atoms with Crippen LogP contribution in [0.3, 0.4) is 0 Å². The minimum absolute atomic E-state index is 0.320. The van der Waals surface area contributed by atoms with Crippen molar-refractivity contribution in [1.82, 2.24) is 15.0 Å². The molecule has 50 heavy (non-hydrogen) atoms. The Balaban J connectivity index is 1.32. The largest absolute Gasteiger partial charge is 0.208 e. The molecule has 0 fully saturated rings. The molecule has 1 aliphatic carbocycles. The van der Waals surface area contributed by atoms with Crippen LogP contribution in [0.15, 0.2) is 182 Å². The lowest BCUT2D eigenvalue weighted by Gasteiger charge is -2.29. The van der Waals surface area contributed by atoms with Gasteiger partial charge in [-0.1, -0.05) is 176 Å². The van der Waals surface area contributed by atoms with E-state index in [0.717, 1.165) is 38.9 Å². The third-order valence-corrected chi connectivity index (χ3v) is 10.0. The lowest BCUT2D eigenvalue weighted by molar-refractivity contribution is 0.714. The molecule has 0 saturated carbocycles. The molecule has 9 rings (SSSR count). The summed E-state index contributed by atoms with van der Waals surface area (Å²) in [5.74, 6) is 1.93. The summed E-state index contributed by atoms with van der Waals surface area (Å²) in [5, 5.41) is 0. The lowest BCUT2D eigenvalue weighted by Crippen LogP contribution is -2.22. The average molecular weight is 640 g/mol. The molecule has 0 amide bonds. The van der Waals surface area contributed by atoms with E-state index in [4.69, 9.17) is 15.0 Å². The first-order chi connectivity index (χ1) is 24.7. The Morgan fingerprint density at radius 1 is 0.340 bits per heavy atom. The number of aromatic nitrogens is 3.